The van der Waals surface area contributed by atoms with Gasteiger partial charge in [-0.05, 0) is 19.5 Å². The number of nitrogens with zero attached hydrogens (tertiary/aromatic N) is 3. The van der Waals surface area contributed by atoms with E-state index in [1.165, 1.54) is 16.9 Å². The number of rotatable bonds is 3. The van der Waals surface area contributed by atoms with E-state index in [0.29, 0.717) is 5.13 Å². The molecule has 1 aromatic heterocycles. The van der Waals surface area contributed by atoms with Gasteiger partial charge in [-0.15, -0.1) is 10.2 Å². The van der Waals surface area contributed by atoms with Crippen molar-refractivity contribution in [3.8, 4) is 0 Å². The van der Waals surface area contributed by atoms with Crippen molar-refractivity contribution < 1.29 is 4.79 Å². The number of hydrogen-bond donors (Lipinski definition) is 1. The summed E-state index contributed by atoms with van der Waals surface area (Å²) < 4.78 is 0. The molecule has 21 heavy (non-hydrogen) atoms. The number of anilines is 1. The smallest absolute Gasteiger partial charge is 0.231 e. The number of likely N-dealkylation sites (tertiary alicyclic amines) is 1. The van der Waals surface area contributed by atoms with E-state index in [4.69, 9.17) is 0 Å². The average molecular weight is 302 g/mol. The molecule has 0 spiro atoms. The molecule has 5 nitrogen and oxygen atoms in total. The molecule has 0 saturated carbocycles. The number of benzene rings is 1. The van der Waals surface area contributed by atoms with Crippen LogP contribution in [0.4, 0.5) is 5.13 Å². The van der Waals surface area contributed by atoms with Crippen molar-refractivity contribution in [3.05, 3.63) is 40.9 Å². The predicted octanol–water partition coefficient (Wildman–Crippen LogP) is 2.13. The molecular weight excluding hydrogens is 284 g/mol. The number of amides is 1. The zero-order chi connectivity index (χ0) is 14.8. The van der Waals surface area contributed by atoms with Gasteiger partial charge in [0.15, 0.2) is 0 Å². The Morgan fingerprint density at radius 2 is 2.05 bits per heavy atom. The van der Waals surface area contributed by atoms with Crippen molar-refractivity contribution in [1.82, 2.24) is 15.1 Å². The fourth-order valence-electron chi connectivity index (χ4n) is 2.85. The van der Waals surface area contributed by atoms with Crippen LogP contribution in [0, 0.1) is 12.8 Å². The van der Waals surface area contributed by atoms with Crippen molar-refractivity contribution in [2.45, 2.75) is 12.8 Å². The number of carbonyl (C=O) groups excluding carboxylic acids is 1. The van der Waals surface area contributed by atoms with Crippen molar-refractivity contribution in [2.75, 3.05) is 25.5 Å². The van der Waals surface area contributed by atoms with E-state index in [9.17, 15) is 4.79 Å². The second-order valence-corrected chi connectivity index (χ2v) is 6.64. The third-order valence-corrected chi connectivity index (χ3v) is 4.58. The summed E-state index contributed by atoms with van der Waals surface area (Å²) in [6.07, 6.45) is 0. The topological polar surface area (TPSA) is 58.1 Å². The predicted molar refractivity (Wildman–Crippen MR) is 83.4 cm³/mol. The van der Waals surface area contributed by atoms with Crippen LogP contribution in [0.15, 0.2) is 30.3 Å². The minimum atomic E-state index is -0.0541. The van der Waals surface area contributed by atoms with Gasteiger partial charge in [-0.1, -0.05) is 41.7 Å². The van der Waals surface area contributed by atoms with Gasteiger partial charge < -0.3 is 10.2 Å². The zero-order valence-corrected chi connectivity index (χ0v) is 12.9. The molecule has 1 saturated heterocycles. The second kappa shape index (κ2) is 5.91. The van der Waals surface area contributed by atoms with Crippen molar-refractivity contribution >= 4 is 22.4 Å². The van der Waals surface area contributed by atoms with Crippen LogP contribution in [-0.4, -0.2) is 41.1 Å². The summed E-state index contributed by atoms with van der Waals surface area (Å²) in [7, 11) is 2.05. The van der Waals surface area contributed by atoms with E-state index in [1.807, 2.05) is 25.1 Å². The molecular formula is C15H18N4OS. The Bertz CT molecular complexity index is 628. The summed E-state index contributed by atoms with van der Waals surface area (Å²) in [5, 5.41) is 12.2. The van der Waals surface area contributed by atoms with Gasteiger partial charge in [-0.25, -0.2) is 0 Å². The number of nitrogens with one attached hydrogen (secondary N) is 1. The highest BCUT2D eigenvalue weighted by Crippen LogP contribution is 2.32. The Kier molecular flexibility index (Phi) is 3.98. The van der Waals surface area contributed by atoms with Crippen LogP contribution < -0.4 is 5.32 Å². The van der Waals surface area contributed by atoms with E-state index in [0.717, 1.165) is 18.1 Å². The Balaban J connectivity index is 1.77. The first-order chi connectivity index (χ1) is 10.1. The molecule has 2 aromatic rings. The molecule has 1 amide bonds. The fraction of sp³-hybridized carbons (Fsp3) is 0.400. The summed E-state index contributed by atoms with van der Waals surface area (Å²) in [6.45, 7) is 3.55. The molecule has 2 heterocycles. The van der Waals surface area contributed by atoms with Gasteiger partial charge in [-0.3, -0.25) is 4.79 Å². The molecule has 0 aliphatic carbocycles. The third-order valence-electron chi connectivity index (χ3n) is 3.82. The maximum Gasteiger partial charge on any atom is 0.231 e. The van der Waals surface area contributed by atoms with Crippen molar-refractivity contribution in [3.63, 3.8) is 0 Å². The fourth-order valence-corrected chi connectivity index (χ4v) is 3.44. The first-order valence-corrected chi connectivity index (χ1v) is 7.79. The molecule has 3 rings (SSSR count). The molecule has 0 radical (unpaired) electrons. The van der Waals surface area contributed by atoms with Crippen LogP contribution >= 0.6 is 11.3 Å². The minimum Gasteiger partial charge on any atom is -0.305 e. The summed E-state index contributed by atoms with van der Waals surface area (Å²) in [5.41, 5.74) is 1.22. The van der Waals surface area contributed by atoms with Crippen LogP contribution in [0.25, 0.3) is 0 Å². The van der Waals surface area contributed by atoms with Crippen LogP contribution in [-0.2, 0) is 4.79 Å². The highest BCUT2D eigenvalue weighted by molar-refractivity contribution is 7.15. The van der Waals surface area contributed by atoms with E-state index in [1.54, 1.807) is 0 Å². The Labute approximate surface area is 128 Å². The number of hydrogen-bond acceptors (Lipinski definition) is 5. The molecule has 1 aromatic carbocycles. The van der Waals surface area contributed by atoms with E-state index >= 15 is 0 Å². The second-order valence-electron chi connectivity index (χ2n) is 5.46. The lowest BCUT2D eigenvalue weighted by Gasteiger charge is -2.17. The molecule has 1 aliphatic rings. The van der Waals surface area contributed by atoms with Gasteiger partial charge in [0, 0.05) is 19.0 Å². The number of aryl methyl sites for hydroxylation is 1. The molecule has 2 atom stereocenters. The van der Waals surface area contributed by atoms with Crippen LogP contribution in [0.2, 0.25) is 0 Å². The van der Waals surface area contributed by atoms with Gasteiger partial charge in [-0.2, -0.15) is 0 Å². The average Bonchev–Trinajstić information content (AvgIpc) is 3.06. The van der Waals surface area contributed by atoms with Gasteiger partial charge in [0.25, 0.3) is 0 Å². The molecule has 1 aliphatic heterocycles. The van der Waals surface area contributed by atoms with Crippen LogP contribution in [0.5, 0.6) is 0 Å². The quantitative estimate of drug-likeness (QED) is 0.943. The standard InChI is InChI=1S/C15H18N4OS/c1-10-17-18-15(21-10)16-14(20)13-9-19(2)8-12(13)11-6-4-3-5-7-11/h3-7,12-13H,8-9H2,1-2H3,(H,16,18,20)/t12-,13-/m0/s1. The Hall–Kier alpha value is -1.79. The monoisotopic (exact) mass is 302 g/mol. The Morgan fingerprint density at radius 1 is 1.29 bits per heavy atom. The van der Waals surface area contributed by atoms with Crippen LogP contribution in [0.1, 0.15) is 16.5 Å². The molecule has 0 unspecified atom stereocenters. The number of aromatic nitrogens is 2. The lowest BCUT2D eigenvalue weighted by atomic mass is 9.88. The maximum atomic E-state index is 12.6. The lowest BCUT2D eigenvalue weighted by Crippen LogP contribution is -2.28. The first kappa shape index (κ1) is 14.2. The van der Waals surface area contributed by atoms with Gasteiger partial charge in [0.1, 0.15) is 5.01 Å². The normalized spacial score (nSPS) is 22.4. The third kappa shape index (κ3) is 3.11. The van der Waals surface area contributed by atoms with Crippen molar-refractivity contribution in [1.29, 1.82) is 0 Å². The van der Waals surface area contributed by atoms with E-state index in [-0.39, 0.29) is 17.7 Å². The number of carbonyl (C=O) groups is 1. The maximum absolute atomic E-state index is 12.6. The lowest BCUT2D eigenvalue weighted by molar-refractivity contribution is -0.119. The summed E-state index contributed by atoms with van der Waals surface area (Å²) in [4.78, 5) is 14.8. The minimum absolute atomic E-state index is 0.0318. The molecule has 1 N–H and O–H groups in total. The molecule has 0 bridgehead atoms. The SMILES string of the molecule is Cc1nnc(NC(=O)[C@H]2CN(C)C[C@H]2c2ccccc2)s1. The zero-order valence-electron chi connectivity index (χ0n) is 12.1. The summed E-state index contributed by atoms with van der Waals surface area (Å²) >= 11 is 1.40. The summed E-state index contributed by atoms with van der Waals surface area (Å²) in [6, 6.07) is 10.2. The van der Waals surface area contributed by atoms with E-state index in [2.05, 4.69) is 39.6 Å². The molecule has 1 fully saturated rings. The summed E-state index contributed by atoms with van der Waals surface area (Å²) in [5.74, 6) is 0.205. The first-order valence-electron chi connectivity index (χ1n) is 6.98. The van der Waals surface area contributed by atoms with Crippen molar-refractivity contribution in [2.24, 2.45) is 5.92 Å². The number of likely N-dealkylation sites (N-methyl/N-ethyl adjacent to an activating group) is 1. The Morgan fingerprint density at radius 3 is 2.71 bits per heavy atom. The molecule has 6 heteroatoms. The van der Waals surface area contributed by atoms with Gasteiger partial charge in [0.05, 0.1) is 5.92 Å². The largest absolute Gasteiger partial charge is 0.305 e. The highest BCUT2D eigenvalue weighted by Gasteiger charge is 2.37. The highest BCUT2D eigenvalue weighted by atomic mass is 32.1. The van der Waals surface area contributed by atoms with Gasteiger partial charge >= 0.3 is 0 Å². The molecule has 110 valence electrons. The van der Waals surface area contributed by atoms with Gasteiger partial charge in [0.2, 0.25) is 11.0 Å². The van der Waals surface area contributed by atoms with E-state index < -0.39 is 0 Å². The van der Waals surface area contributed by atoms with Crippen LogP contribution in [0.3, 0.4) is 0 Å².